The third kappa shape index (κ3) is 3.82. The SMILES string of the molecule is Fc1nc(F)c(F)c(N2CCCC(CN3CCCCCC3)C2)c1F. The minimum atomic E-state index is -1.58. The molecule has 0 radical (unpaired) electrons. The van der Waals surface area contributed by atoms with E-state index in [2.05, 4.69) is 9.88 Å². The van der Waals surface area contributed by atoms with Gasteiger partial charge in [-0.15, -0.1) is 0 Å². The number of likely N-dealkylation sites (tertiary alicyclic amines) is 1. The summed E-state index contributed by atoms with van der Waals surface area (Å²) in [6.07, 6.45) is 6.58. The van der Waals surface area contributed by atoms with E-state index in [1.54, 1.807) is 0 Å². The fourth-order valence-electron chi connectivity index (χ4n) is 3.85. The van der Waals surface area contributed by atoms with Gasteiger partial charge in [0.25, 0.3) is 11.9 Å². The van der Waals surface area contributed by atoms with Crippen LogP contribution in [0.1, 0.15) is 38.5 Å². The standard InChI is InChI=1S/C17H23F4N3/c18-13-15(14(19)17(21)22-16(13)20)24-9-5-6-12(11-24)10-23-7-3-1-2-4-8-23/h12H,1-11H2. The third-order valence-corrected chi connectivity index (χ3v) is 5.02. The average Bonchev–Trinajstić information content (AvgIpc) is 2.82. The Morgan fingerprint density at radius 2 is 1.46 bits per heavy atom. The lowest BCUT2D eigenvalue weighted by Gasteiger charge is -2.37. The van der Waals surface area contributed by atoms with Crippen molar-refractivity contribution >= 4 is 5.69 Å². The first-order valence-corrected chi connectivity index (χ1v) is 8.73. The number of halogens is 4. The van der Waals surface area contributed by atoms with Crippen LogP contribution in [0.5, 0.6) is 0 Å². The molecule has 0 aromatic carbocycles. The average molecular weight is 345 g/mol. The Hall–Kier alpha value is -1.37. The minimum Gasteiger partial charge on any atom is -0.366 e. The van der Waals surface area contributed by atoms with Crippen molar-refractivity contribution in [2.75, 3.05) is 37.6 Å². The molecule has 0 N–H and O–H groups in total. The fourth-order valence-corrected chi connectivity index (χ4v) is 3.85. The highest BCUT2D eigenvalue weighted by molar-refractivity contribution is 5.49. The van der Waals surface area contributed by atoms with Gasteiger partial charge in [-0.3, -0.25) is 0 Å². The second-order valence-electron chi connectivity index (χ2n) is 6.84. The largest absolute Gasteiger partial charge is 0.366 e. The van der Waals surface area contributed by atoms with Gasteiger partial charge in [0, 0.05) is 19.6 Å². The van der Waals surface area contributed by atoms with Gasteiger partial charge in [-0.25, -0.2) is 0 Å². The molecular weight excluding hydrogens is 322 g/mol. The van der Waals surface area contributed by atoms with Crippen LogP contribution in [-0.4, -0.2) is 42.6 Å². The van der Waals surface area contributed by atoms with Crippen LogP contribution in [0.3, 0.4) is 0 Å². The molecule has 1 aromatic rings. The molecule has 2 aliphatic heterocycles. The van der Waals surface area contributed by atoms with Crippen LogP contribution in [0.15, 0.2) is 0 Å². The highest BCUT2D eigenvalue weighted by Crippen LogP contribution is 2.30. The molecule has 3 nitrogen and oxygen atoms in total. The highest BCUT2D eigenvalue weighted by Gasteiger charge is 2.30. The first-order valence-electron chi connectivity index (χ1n) is 8.73. The predicted octanol–water partition coefficient (Wildman–Crippen LogP) is 3.73. The van der Waals surface area contributed by atoms with Gasteiger partial charge in [0.15, 0.2) is 0 Å². The Balaban J connectivity index is 1.72. The summed E-state index contributed by atoms with van der Waals surface area (Å²) in [5.41, 5.74) is -0.611. The molecule has 2 aliphatic rings. The van der Waals surface area contributed by atoms with E-state index in [4.69, 9.17) is 0 Å². The number of pyridine rings is 1. The Morgan fingerprint density at radius 3 is 2.08 bits per heavy atom. The summed E-state index contributed by atoms with van der Waals surface area (Å²) in [7, 11) is 0. The van der Waals surface area contributed by atoms with E-state index in [0.29, 0.717) is 13.1 Å². The lowest BCUT2D eigenvalue weighted by molar-refractivity contribution is 0.221. The van der Waals surface area contributed by atoms with Crippen LogP contribution in [0.25, 0.3) is 0 Å². The molecule has 2 saturated heterocycles. The summed E-state index contributed by atoms with van der Waals surface area (Å²) in [5.74, 6) is -5.72. The van der Waals surface area contributed by atoms with Crippen molar-refractivity contribution in [3.63, 3.8) is 0 Å². The van der Waals surface area contributed by atoms with Crippen LogP contribution in [0.2, 0.25) is 0 Å². The second kappa shape index (κ2) is 7.68. The van der Waals surface area contributed by atoms with Gasteiger partial charge in [0.2, 0.25) is 11.6 Å². The first-order chi connectivity index (χ1) is 11.6. The molecule has 2 fully saturated rings. The minimum absolute atomic E-state index is 0.245. The molecule has 0 saturated carbocycles. The number of nitrogens with zero attached hydrogens (tertiary/aromatic N) is 3. The topological polar surface area (TPSA) is 19.4 Å². The first kappa shape index (κ1) is 17.5. The number of hydrogen-bond donors (Lipinski definition) is 0. The number of aromatic nitrogens is 1. The van der Waals surface area contributed by atoms with Gasteiger partial charge < -0.3 is 9.80 Å². The van der Waals surface area contributed by atoms with Gasteiger partial charge >= 0.3 is 0 Å². The van der Waals surface area contributed by atoms with Gasteiger partial charge in [0.1, 0.15) is 5.69 Å². The zero-order valence-corrected chi connectivity index (χ0v) is 13.7. The van der Waals surface area contributed by atoms with Gasteiger partial charge in [-0.05, 0) is 44.7 Å². The highest BCUT2D eigenvalue weighted by atomic mass is 19.2. The molecule has 134 valence electrons. The molecule has 0 bridgehead atoms. The normalized spacial score (nSPS) is 23.3. The Kier molecular flexibility index (Phi) is 5.58. The van der Waals surface area contributed by atoms with Crippen LogP contribution in [0.4, 0.5) is 23.2 Å². The van der Waals surface area contributed by atoms with Crippen molar-refractivity contribution in [3.05, 3.63) is 23.5 Å². The lowest BCUT2D eigenvalue weighted by Crippen LogP contribution is -2.42. The summed E-state index contributed by atoms with van der Waals surface area (Å²) in [6, 6.07) is 0. The number of hydrogen-bond acceptors (Lipinski definition) is 3. The zero-order valence-electron chi connectivity index (χ0n) is 13.7. The van der Waals surface area contributed by atoms with E-state index in [1.165, 1.54) is 30.6 Å². The molecule has 7 heteroatoms. The van der Waals surface area contributed by atoms with Gasteiger partial charge in [0.05, 0.1) is 0 Å². The maximum Gasteiger partial charge on any atom is 0.253 e. The molecule has 3 heterocycles. The quantitative estimate of drug-likeness (QED) is 0.615. The summed E-state index contributed by atoms with van der Waals surface area (Å²) < 4.78 is 54.7. The third-order valence-electron chi connectivity index (χ3n) is 5.02. The summed E-state index contributed by atoms with van der Waals surface area (Å²) >= 11 is 0. The number of piperidine rings is 1. The van der Waals surface area contributed by atoms with Crippen molar-refractivity contribution in [2.24, 2.45) is 5.92 Å². The summed E-state index contributed by atoms with van der Waals surface area (Å²) in [4.78, 5) is 6.47. The van der Waals surface area contributed by atoms with Crippen LogP contribution in [0, 0.1) is 29.4 Å². The Bertz CT molecular complexity index is 547. The van der Waals surface area contributed by atoms with E-state index in [1.807, 2.05) is 0 Å². The number of anilines is 1. The molecule has 1 unspecified atom stereocenters. The van der Waals surface area contributed by atoms with E-state index in [9.17, 15) is 17.6 Å². The van der Waals surface area contributed by atoms with Crippen molar-refractivity contribution in [1.29, 1.82) is 0 Å². The Morgan fingerprint density at radius 1 is 0.833 bits per heavy atom. The fraction of sp³-hybridized carbons (Fsp3) is 0.706. The smallest absolute Gasteiger partial charge is 0.253 e. The van der Waals surface area contributed by atoms with E-state index in [0.717, 1.165) is 32.5 Å². The number of rotatable bonds is 3. The van der Waals surface area contributed by atoms with Gasteiger partial charge in [-0.2, -0.15) is 22.5 Å². The molecule has 0 spiro atoms. The Labute approximate surface area is 139 Å². The summed E-state index contributed by atoms with van der Waals surface area (Å²) in [6.45, 7) is 3.78. The van der Waals surface area contributed by atoms with Crippen molar-refractivity contribution in [3.8, 4) is 0 Å². The molecule has 24 heavy (non-hydrogen) atoms. The van der Waals surface area contributed by atoms with Gasteiger partial charge in [-0.1, -0.05) is 12.8 Å². The van der Waals surface area contributed by atoms with Crippen molar-refractivity contribution in [2.45, 2.75) is 38.5 Å². The summed E-state index contributed by atoms with van der Waals surface area (Å²) in [5, 5.41) is 0. The van der Waals surface area contributed by atoms with E-state index in [-0.39, 0.29) is 5.92 Å². The molecular formula is C17H23F4N3. The van der Waals surface area contributed by atoms with Crippen LogP contribution >= 0.6 is 0 Å². The molecule has 1 atom stereocenters. The van der Waals surface area contributed by atoms with E-state index < -0.39 is 29.2 Å². The predicted molar refractivity (Wildman–Crippen MR) is 83.9 cm³/mol. The molecule has 0 aliphatic carbocycles. The van der Waals surface area contributed by atoms with Crippen molar-refractivity contribution < 1.29 is 17.6 Å². The van der Waals surface area contributed by atoms with Crippen LogP contribution < -0.4 is 4.90 Å². The zero-order chi connectivity index (χ0) is 17.1. The maximum atomic E-state index is 14.0. The molecule has 3 rings (SSSR count). The molecule has 0 amide bonds. The maximum absolute atomic E-state index is 14.0. The lowest BCUT2D eigenvalue weighted by atomic mass is 9.96. The second-order valence-corrected chi connectivity index (χ2v) is 6.84. The van der Waals surface area contributed by atoms with Crippen LogP contribution in [-0.2, 0) is 0 Å². The van der Waals surface area contributed by atoms with Crippen molar-refractivity contribution in [1.82, 2.24) is 9.88 Å². The van der Waals surface area contributed by atoms with E-state index >= 15 is 0 Å². The molecule has 1 aromatic heterocycles. The monoisotopic (exact) mass is 345 g/mol.